The molecule has 0 saturated carbocycles. The fourth-order valence-corrected chi connectivity index (χ4v) is 3.62. The van der Waals surface area contributed by atoms with E-state index in [-0.39, 0.29) is 11.2 Å². The fourth-order valence-electron chi connectivity index (χ4n) is 3.01. The van der Waals surface area contributed by atoms with Crippen molar-refractivity contribution in [3.8, 4) is 28.2 Å². The van der Waals surface area contributed by atoms with E-state index >= 15 is 0 Å². The lowest BCUT2D eigenvalue weighted by Crippen LogP contribution is -2.00. The number of carbonyl (C=O) groups is 1. The van der Waals surface area contributed by atoms with Crippen LogP contribution in [-0.4, -0.2) is 15.5 Å². The quantitative estimate of drug-likeness (QED) is 0.383. The van der Waals surface area contributed by atoms with Crippen molar-refractivity contribution in [3.63, 3.8) is 0 Å². The second-order valence-corrected chi connectivity index (χ2v) is 6.67. The summed E-state index contributed by atoms with van der Waals surface area (Å²) in [7, 11) is 0. The zero-order valence-electron chi connectivity index (χ0n) is 13.3. The van der Waals surface area contributed by atoms with Crippen LogP contribution in [0.1, 0.15) is 0 Å². The summed E-state index contributed by atoms with van der Waals surface area (Å²) < 4.78 is 5.81. The van der Waals surface area contributed by atoms with E-state index in [1.807, 2.05) is 12.1 Å². The standard InChI is InChI=1S/C20H12O5S/c21-11-5-7-13-16(9-11)25-17-10-12(22)6-8-14(17)19(13)15-3-1-2-4-18(15)26-20(23)24/h1-10,21H,(H,23,24). The number of hydrogen-bond acceptors (Lipinski definition) is 5. The minimum absolute atomic E-state index is 0.0398. The molecule has 0 atom stereocenters. The number of hydrogen-bond donors (Lipinski definition) is 2. The van der Waals surface area contributed by atoms with Crippen molar-refractivity contribution >= 4 is 28.0 Å². The molecule has 2 N–H and O–H groups in total. The topological polar surface area (TPSA) is 87.7 Å². The van der Waals surface area contributed by atoms with E-state index in [4.69, 9.17) is 4.42 Å². The van der Waals surface area contributed by atoms with E-state index in [0.29, 0.717) is 27.2 Å². The van der Waals surface area contributed by atoms with Crippen LogP contribution in [0.25, 0.3) is 33.4 Å². The van der Waals surface area contributed by atoms with E-state index < -0.39 is 5.30 Å². The summed E-state index contributed by atoms with van der Waals surface area (Å²) in [6, 6.07) is 16.4. The van der Waals surface area contributed by atoms with Crippen molar-refractivity contribution in [2.45, 2.75) is 4.90 Å². The molecule has 0 radical (unpaired) electrons. The van der Waals surface area contributed by atoms with Crippen LogP contribution in [0.3, 0.4) is 0 Å². The van der Waals surface area contributed by atoms with E-state index in [2.05, 4.69) is 0 Å². The van der Waals surface area contributed by atoms with E-state index in [1.54, 1.807) is 30.3 Å². The predicted molar refractivity (Wildman–Crippen MR) is 100 cm³/mol. The average molecular weight is 364 g/mol. The van der Waals surface area contributed by atoms with Gasteiger partial charge in [0.25, 0.3) is 0 Å². The molecule has 0 amide bonds. The maximum Gasteiger partial charge on any atom is 0.369 e. The van der Waals surface area contributed by atoms with Gasteiger partial charge in [0.05, 0.1) is 0 Å². The summed E-state index contributed by atoms with van der Waals surface area (Å²) >= 11 is 0.718. The first kappa shape index (κ1) is 16.2. The van der Waals surface area contributed by atoms with Crippen LogP contribution in [0.4, 0.5) is 4.79 Å². The molecule has 0 spiro atoms. The van der Waals surface area contributed by atoms with Gasteiger partial charge in [0.1, 0.15) is 17.1 Å². The summed E-state index contributed by atoms with van der Waals surface area (Å²) in [5, 5.41) is 18.7. The van der Waals surface area contributed by atoms with Crippen LogP contribution in [0.5, 0.6) is 5.75 Å². The molecule has 2 aromatic rings. The van der Waals surface area contributed by atoms with Gasteiger partial charge in [0.15, 0.2) is 5.43 Å². The SMILES string of the molecule is O=C(O)Sc1ccccc1-c1c2ccc(=O)cc-2oc2cc(O)ccc12. The molecule has 0 saturated heterocycles. The molecule has 1 aliphatic carbocycles. The number of carboxylic acid groups (broad SMARTS) is 1. The van der Waals surface area contributed by atoms with Crippen LogP contribution in [0.15, 0.2) is 74.8 Å². The van der Waals surface area contributed by atoms with Gasteiger partial charge in [-0.05, 0) is 47.7 Å². The highest BCUT2D eigenvalue weighted by Crippen LogP contribution is 2.43. The fraction of sp³-hybridized carbons (Fsp3) is 0. The number of phenols is 1. The van der Waals surface area contributed by atoms with Crippen molar-refractivity contribution in [1.29, 1.82) is 0 Å². The summed E-state index contributed by atoms with van der Waals surface area (Å²) in [6.07, 6.45) is 0. The molecule has 0 unspecified atom stereocenters. The third-order valence-corrected chi connectivity index (χ3v) is 4.78. The minimum atomic E-state index is -1.01. The number of thioether (sulfide) groups is 1. The molecule has 2 aliphatic rings. The van der Waals surface area contributed by atoms with Gasteiger partial charge in [-0.15, -0.1) is 0 Å². The third kappa shape index (κ3) is 2.80. The summed E-state index contributed by atoms with van der Waals surface area (Å²) in [5.74, 6) is 0.416. The van der Waals surface area contributed by atoms with Crippen LogP contribution < -0.4 is 5.43 Å². The monoisotopic (exact) mass is 364 g/mol. The molecular weight excluding hydrogens is 352 g/mol. The zero-order chi connectivity index (χ0) is 18.3. The van der Waals surface area contributed by atoms with Crippen molar-refractivity contribution in [2.75, 3.05) is 0 Å². The van der Waals surface area contributed by atoms with Gasteiger partial charge in [0, 0.05) is 33.5 Å². The number of benzene rings is 3. The van der Waals surface area contributed by atoms with Crippen molar-refractivity contribution < 1.29 is 19.4 Å². The van der Waals surface area contributed by atoms with Crippen molar-refractivity contribution in [1.82, 2.24) is 0 Å². The Bertz CT molecular complexity index is 1180. The molecule has 0 fully saturated rings. The van der Waals surface area contributed by atoms with E-state index in [0.717, 1.165) is 22.9 Å². The van der Waals surface area contributed by atoms with Gasteiger partial charge in [-0.3, -0.25) is 4.79 Å². The van der Waals surface area contributed by atoms with Crippen LogP contribution >= 0.6 is 11.8 Å². The Hall–Kier alpha value is -3.25. The smallest absolute Gasteiger partial charge is 0.369 e. The summed E-state index contributed by atoms with van der Waals surface area (Å²) in [5.41, 5.74) is 2.38. The van der Waals surface area contributed by atoms with Gasteiger partial charge in [-0.1, -0.05) is 18.2 Å². The average Bonchev–Trinajstić information content (AvgIpc) is 2.59. The molecule has 2 aromatic carbocycles. The Morgan fingerprint density at radius 1 is 0.962 bits per heavy atom. The van der Waals surface area contributed by atoms with Crippen LogP contribution in [0, 0.1) is 0 Å². The maximum atomic E-state index is 11.8. The van der Waals surface area contributed by atoms with E-state index in [9.17, 15) is 19.8 Å². The lowest BCUT2D eigenvalue weighted by molar-refractivity contribution is 0.222. The molecule has 128 valence electrons. The normalized spacial score (nSPS) is 11.1. The molecular formula is C20H12O5S. The van der Waals surface area contributed by atoms with Crippen molar-refractivity contribution in [2.24, 2.45) is 0 Å². The zero-order valence-corrected chi connectivity index (χ0v) is 14.1. The number of phenolic OH excluding ortho intramolecular Hbond substituents is 1. The maximum absolute atomic E-state index is 11.8. The van der Waals surface area contributed by atoms with Gasteiger partial charge in [0.2, 0.25) is 0 Å². The first-order chi connectivity index (χ1) is 12.5. The Kier molecular flexibility index (Phi) is 3.89. The minimum Gasteiger partial charge on any atom is -0.508 e. The predicted octanol–water partition coefficient (Wildman–Crippen LogP) is 5.04. The number of rotatable bonds is 2. The first-order valence-corrected chi connectivity index (χ1v) is 8.54. The Morgan fingerprint density at radius 3 is 2.58 bits per heavy atom. The highest BCUT2D eigenvalue weighted by molar-refractivity contribution is 8.13. The molecule has 0 bridgehead atoms. The van der Waals surface area contributed by atoms with Crippen LogP contribution in [-0.2, 0) is 0 Å². The second-order valence-electron chi connectivity index (χ2n) is 5.68. The summed E-state index contributed by atoms with van der Waals surface area (Å²) in [4.78, 5) is 23.6. The van der Waals surface area contributed by atoms with Gasteiger partial charge < -0.3 is 14.6 Å². The highest BCUT2D eigenvalue weighted by atomic mass is 32.2. The lowest BCUT2D eigenvalue weighted by atomic mass is 9.93. The summed E-state index contributed by atoms with van der Waals surface area (Å²) in [6.45, 7) is 0. The molecule has 26 heavy (non-hydrogen) atoms. The Balaban J connectivity index is 2.14. The van der Waals surface area contributed by atoms with Gasteiger partial charge in [-0.25, -0.2) is 4.79 Å². The van der Waals surface area contributed by atoms with Gasteiger partial charge in [-0.2, -0.15) is 0 Å². The molecule has 1 aliphatic heterocycles. The highest BCUT2D eigenvalue weighted by Gasteiger charge is 2.20. The van der Waals surface area contributed by atoms with Crippen LogP contribution in [0.2, 0.25) is 0 Å². The van der Waals surface area contributed by atoms with E-state index in [1.165, 1.54) is 18.2 Å². The lowest BCUT2D eigenvalue weighted by Gasteiger charge is -2.16. The molecule has 5 nitrogen and oxygen atoms in total. The molecule has 0 aromatic heterocycles. The first-order valence-electron chi connectivity index (χ1n) is 7.73. The Labute approximate surface area is 151 Å². The Morgan fingerprint density at radius 2 is 1.77 bits per heavy atom. The van der Waals surface area contributed by atoms with Crippen molar-refractivity contribution in [3.05, 3.63) is 70.9 Å². The second kappa shape index (κ2) is 6.24. The molecule has 6 heteroatoms. The third-order valence-electron chi connectivity index (χ3n) is 4.03. The van der Waals surface area contributed by atoms with Gasteiger partial charge >= 0.3 is 5.30 Å². The largest absolute Gasteiger partial charge is 0.508 e. The molecule has 1 heterocycles. The number of fused-ring (bicyclic) bond motifs is 2. The number of aromatic hydroxyl groups is 1. The molecule has 4 rings (SSSR count).